The highest BCUT2D eigenvalue weighted by Crippen LogP contribution is 2.26. The van der Waals surface area contributed by atoms with E-state index in [-0.39, 0.29) is 5.75 Å². The molecule has 7 nitrogen and oxygen atoms in total. The number of anilines is 1. The maximum Gasteiger partial charge on any atom is 0.406 e. The molecule has 1 atom stereocenters. The summed E-state index contributed by atoms with van der Waals surface area (Å²) in [4.78, 5) is 27.0. The molecule has 23 heavy (non-hydrogen) atoms. The smallest absolute Gasteiger partial charge is 0.406 e. The van der Waals surface area contributed by atoms with Gasteiger partial charge in [0.1, 0.15) is 6.20 Å². The fraction of sp³-hybridized carbons (Fsp3) is 0.200. The van der Waals surface area contributed by atoms with Crippen LogP contribution in [0.2, 0.25) is 0 Å². The fourth-order valence-electron chi connectivity index (χ4n) is 1.84. The Morgan fingerprint density at radius 1 is 1.35 bits per heavy atom. The molecule has 120 valence electrons. The van der Waals surface area contributed by atoms with E-state index in [1.54, 1.807) is 6.07 Å². The summed E-state index contributed by atoms with van der Waals surface area (Å²) in [5.74, 6) is -0.861. The number of aromatic nitrogens is 1. The molecule has 0 saturated carbocycles. The Morgan fingerprint density at radius 3 is 2.78 bits per heavy atom. The summed E-state index contributed by atoms with van der Waals surface area (Å²) in [5, 5.41) is 13.7. The number of nitro groups is 1. The number of carbonyl (C=O) groups is 1. The minimum absolute atomic E-state index is 0.0432. The van der Waals surface area contributed by atoms with Gasteiger partial charge in [0.2, 0.25) is 5.75 Å². The number of pyridine rings is 1. The highest BCUT2D eigenvalue weighted by atomic mass is 32.2. The van der Waals surface area contributed by atoms with E-state index in [4.69, 9.17) is 4.74 Å². The molecule has 0 aliphatic carbocycles. The van der Waals surface area contributed by atoms with Gasteiger partial charge in [-0.15, -0.1) is 11.8 Å². The van der Waals surface area contributed by atoms with E-state index < -0.39 is 22.8 Å². The van der Waals surface area contributed by atoms with E-state index in [1.807, 2.05) is 24.5 Å². The quantitative estimate of drug-likeness (QED) is 0.496. The minimum Gasteiger partial charge on any atom is -0.473 e. The number of amides is 1. The zero-order valence-corrected chi connectivity index (χ0v) is 13.4. The number of hydrogen-bond acceptors (Lipinski definition) is 6. The first-order valence-corrected chi connectivity index (χ1v) is 7.95. The van der Waals surface area contributed by atoms with E-state index in [0.29, 0.717) is 5.69 Å². The van der Waals surface area contributed by atoms with Crippen LogP contribution in [0.3, 0.4) is 0 Å². The van der Waals surface area contributed by atoms with E-state index in [0.717, 1.165) is 4.90 Å². The number of nitrogens with one attached hydrogen (secondary N) is 1. The Hall–Kier alpha value is -2.61. The van der Waals surface area contributed by atoms with Gasteiger partial charge in [0.25, 0.3) is 5.91 Å². The van der Waals surface area contributed by atoms with Crippen LogP contribution in [0.1, 0.15) is 6.92 Å². The average molecular weight is 333 g/mol. The lowest BCUT2D eigenvalue weighted by Gasteiger charge is -2.15. The topological polar surface area (TPSA) is 94.4 Å². The highest BCUT2D eigenvalue weighted by Gasteiger charge is 2.22. The van der Waals surface area contributed by atoms with Crippen LogP contribution in [0.4, 0.5) is 11.5 Å². The van der Waals surface area contributed by atoms with Crippen molar-refractivity contribution in [3.63, 3.8) is 0 Å². The summed E-state index contributed by atoms with van der Waals surface area (Å²) in [6, 6.07) is 10.3. The third-order valence-corrected chi connectivity index (χ3v) is 3.76. The van der Waals surface area contributed by atoms with Crippen molar-refractivity contribution in [1.82, 2.24) is 4.98 Å². The summed E-state index contributed by atoms with van der Waals surface area (Å²) in [7, 11) is 0. The van der Waals surface area contributed by atoms with E-state index in [9.17, 15) is 14.9 Å². The lowest BCUT2D eigenvalue weighted by Crippen LogP contribution is -2.30. The van der Waals surface area contributed by atoms with E-state index in [1.165, 1.54) is 37.0 Å². The zero-order valence-electron chi connectivity index (χ0n) is 12.6. The van der Waals surface area contributed by atoms with Gasteiger partial charge in [0, 0.05) is 4.90 Å². The second kappa shape index (κ2) is 7.59. The van der Waals surface area contributed by atoms with Crippen LogP contribution in [0.15, 0.2) is 47.5 Å². The van der Waals surface area contributed by atoms with Crippen molar-refractivity contribution >= 4 is 29.2 Å². The van der Waals surface area contributed by atoms with Gasteiger partial charge in [-0.25, -0.2) is 0 Å². The normalized spacial score (nSPS) is 11.6. The van der Waals surface area contributed by atoms with Gasteiger partial charge in [0.15, 0.2) is 6.10 Å². The van der Waals surface area contributed by atoms with E-state index in [2.05, 4.69) is 10.3 Å². The lowest BCUT2D eigenvalue weighted by atomic mass is 10.3. The molecule has 0 saturated heterocycles. The molecular formula is C15H15N3O4S. The second-order valence-electron chi connectivity index (χ2n) is 4.53. The summed E-state index contributed by atoms with van der Waals surface area (Å²) in [5.41, 5.74) is 0.668. The molecule has 1 N–H and O–H groups in total. The number of carbonyl (C=O) groups excluding carboxylic acids is 1. The Kier molecular flexibility index (Phi) is 5.53. The summed E-state index contributed by atoms with van der Waals surface area (Å²) < 4.78 is 5.39. The minimum atomic E-state index is -0.909. The van der Waals surface area contributed by atoms with Crippen molar-refractivity contribution < 1.29 is 14.5 Å². The van der Waals surface area contributed by atoms with Crippen molar-refractivity contribution in [1.29, 1.82) is 0 Å². The van der Waals surface area contributed by atoms with Crippen LogP contribution in [0.25, 0.3) is 0 Å². The second-order valence-corrected chi connectivity index (χ2v) is 5.38. The maximum absolute atomic E-state index is 12.2. The highest BCUT2D eigenvalue weighted by molar-refractivity contribution is 7.98. The molecule has 1 amide bonds. The van der Waals surface area contributed by atoms with Crippen molar-refractivity contribution in [2.45, 2.75) is 17.9 Å². The predicted octanol–water partition coefficient (Wildman–Crippen LogP) is 3.12. The first kappa shape index (κ1) is 16.8. The molecule has 0 spiro atoms. The lowest BCUT2D eigenvalue weighted by molar-refractivity contribution is -0.390. The number of benzene rings is 1. The summed E-state index contributed by atoms with van der Waals surface area (Å²) in [6.45, 7) is 1.52. The number of ether oxygens (including phenoxy) is 1. The van der Waals surface area contributed by atoms with Crippen molar-refractivity contribution in [3.8, 4) is 5.75 Å². The Bertz CT molecular complexity index is 723. The van der Waals surface area contributed by atoms with Gasteiger partial charge in [-0.05, 0) is 47.4 Å². The third kappa shape index (κ3) is 4.19. The maximum atomic E-state index is 12.2. The molecule has 0 fully saturated rings. The standard InChI is InChI=1S/C15H15N3O4S/c1-10(22-12-7-5-9-16-14(12)18(20)21)15(19)17-11-6-3-4-8-13(11)23-2/h3-10H,1-2H3,(H,17,19). The zero-order chi connectivity index (χ0) is 16.8. The summed E-state index contributed by atoms with van der Waals surface area (Å²) in [6.07, 6.45) is 2.29. The molecule has 1 heterocycles. The SMILES string of the molecule is CSc1ccccc1NC(=O)C(C)Oc1cccnc1[N+](=O)[O-]. The van der Waals surface area contributed by atoms with Crippen LogP contribution >= 0.6 is 11.8 Å². The molecule has 0 aliphatic rings. The Morgan fingerprint density at radius 2 is 2.09 bits per heavy atom. The van der Waals surface area contributed by atoms with Crippen LogP contribution in [0.5, 0.6) is 5.75 Å². The fourth-order valence-corrected chi connectivity index (χ4v) is 2.39. The molecular weight excluding hydrogens is 318 g/mol. The molecule has 2 aromatic rings. The van der Waals surface area contributed by atoms with E-state index >= 15 is 0 Å². The van der Waals surface area contributed by atoms with Crippen LogP contribution < -0.4 is 10.1 Å². The molecule has 2 rings (SSSR count). The van der Waals surface area contributed by atoms with Crippen molar-refractivity contribution in [2.75, 3.05) is 11.6 Å². The van der Waals surface area contributed by atoms with Gasteiger partial charge in [-0.1, -0.05) is 12.1 Å². The number of nitrogens with zero attached hydrogens (tertiary/aromatic N) is 2. The van der Waals surface area contributed by atoms with Gasteiger partial charge in [-0.3, -0.25) is 4.79 Å². The average Bonchev–Trinajstić information content (AvgIpc) is 2.55. The van der Waals surface area contributed by atoms with Gasteiger partial charge in [0.05, 0.1) is 5.69 Å². The van der Waals surface area contributed by atoms with Crippen molar-refractivity contribution in [2.24, 2.45) is 0 Å². The van der Waals surface area contributed by atoms with Crippen LogP contribution in [0, 0.1) is 10.1 Å². The molecule has 1 unspecified atom stereocenters. The molecule has 1 aromatic heterocycles. The number of rotatable bonds is 6. The molecule has 0 aliphatic heterocycles. The Labute approximate surface area is 137 Å². The molecule has 8 heteroatoms. The number of thioether (sulfide) groups is 1. The number of para-hydroxylation sites is 1. The molecule has 1 aromatic carbocycles. The first-order valence-electron chi connectivity index (χ1n) is 6.73. The first-order chi connectivity index (χ1) is 11.0. The molecule has 0 radical (unpaired) electrons. The third-order valence-electron chi connectivity index (χ3n) is 2.96. The van der Waals surface area contributed by atoms with Crippen LogP contribution in [-0.4, -0.2) is 28.2 Å². The van der Waals surface area contributed by atoms with Crippen LogP contribution in [-0.2, 0) is 4.79 Å². The summed E-state index contributed by atoms with van der Waals surface area (Å²) >= 11 is 1.50. The van der Waals surface area contributed by atoms with Crippen molar-refractivity contribution in [3.05, 3.63) is 52.7 Å². The van der Waals surface area contributed by atoms with Gasteiger partial charge in [-0.2, -0.15) is 0 Å². The monoisotopic (exact) mass is 333 g/mol. The predicted molar refractivity (Wildman–Crippen MR) is 87.8 cm³/mol. The van der Waals surface area contributed by atoms with Gasteiger partial charge < -0.3 is 20.2 Å². The Balaban J connectivity index is 2.10. The number of hydrogen-bond donors (Lipinski definition) is 1. The van der Waals surface area contributed by atoms with Gasteiger partial charge >= 0.3 is 5.82 Å². The molecule has 0 bridgehead atoms. The largest absolute Gasteiger partial charge is 0.473 e.